The van der Waals surface area contributed by atoms with Gasteiger partial charge < -0.3 is 5.32 Å². The molecule has 8 heavy (non-hydrogen) atoms. The predicted octanol–water partition coefficient (Wildman–Crippen LogP) is 0.198. The third kappa shape index (κ3) is 3.16. The van der Waals surface area contributed by atoms with Gasteiger partial charge in [-0.1, -0.05) is 0 Å². The lowest BCUT2D eigenvalue weighted by atomic mass is 10.4. The molecule has 0 aromatic carbocycles. The number of nitriles is 1. The van der Waals surface area contributed by atoms with Gasteiger partial charge in [0.15, 0.2) is 0 Å². The molecule has 0 bridgehead atoms. The molecule has 0 aliphatic heterocycles. The standard InChI is InChI=1S/C5H7N2O/c1-2-7-5(8)3-4-6/h2H,3H2,1H3,(H,7,8). The van der Waals surface area contributed by atoms with Gasteiger partial charge in [-0.25, -0.2) is 0 Å². The SMILES string of the molecule is C[CH]NC(=O)CC#N. The Morgan fingerprint density at radius 3 is 3.00 bits per heavy atom. The lowest BCUT2D eigenvalue weighted by Gasteiger charge is -1.91. The van der Waals surface area contributed by atoms with Crippen molar-refractivity contribution in [3.05, 3.63) is 6.54 Å². The second kappa shape index (κ2) is 4.13. The summed E-state index contributed by atoms with van der Waals surface area (Å²) in [7, 11) is 0. The molecule has 0 atom stereocenters. The Kier molecular flexibility index (Phi) is 3.59. The van der Waals surface area contributed by atoms with Gasteiger partial charge in [-0.2, -0.15) is 5.26 Å². The van der Waals surface area contributed by atoms with E-state index in [1.54, 1.807) is 13.0 Å². The molecule has 1 N–H and O–H groups in total. The van der Waals surface area contributed by atoms with Gasteiger partial charge in [-0.15, -0.1) is 0 Å². The molecule has 1 amide bonds. The first-order valence-corrected chi connectivity index (χ1v) is 2.25. The molecule has 0 aromatic rings. The molecule has 3 heteroatoms. The Morgan fingerprint density at radius 2 is 2.62 bits per heavy atom. The van der Waals surface area contributed by atoms with Crippen LogP contribution in [0, 0.1) is 17.9 Å². The Bertz CT molecular complexity index is 114. The highest BCUT2D eigenvalue weighted by Gasteiger charge is 1.93. The fourth-order valence-corrected chi connectivity index (χ4v) is 0.284. The van der Waals surface area contributed by atoms with Crippen LogP contribution in [0.3, 0.4) is 0 Å². The summed E-state index contributed by atoms with van der Waals surface area (Å²) in [6.45, 7) is 3.19. The number of hydrogen-bond donors (Lipinski definition) is 1. The van der Waals surface area contributed by atoms with Crippen LogP contribution in [-0.2, 0) is 4.79 Å². The van der Waals surface area contributed by atoms with E-state index < -0.39 is 0 Å². The number of carbonyl (C=O) groups is 1. The molecule has 0 aliphatic rings. The Balaban J connectivity index is 3.23. The fourth-order valence-electron chi connectivity index (χ4n) is 0.284. The summed E-state index contributed by atoms with van der Waals surface area (Å²) in [6, 6.07) is 1.72. The van der Waals surface area contributed by atoms with Crippen LogP contribution in [0.1, 0.15) is 13.3 Å². The quantitative estimate of drug-likeness (QED) is 0.553. The smallest absolute Gasteiger partial charge is 0.234 e. The van der Waals surface area contributed by atoms with E-state index in [1.807, 2.05) is 0 Å². The van der Waals surface area contributed by atoms with E-state index in [-0.39, 0.29) is 12.3 Å². The van der Waals surface area contributed by atoms with Crippen molar-refractivity contribution in [1.82, 2.24) is 5.32 Å². The minimum atomic E-state index is -0.255. The van der Waals surface area contributed by atoms with Crippen LogP contribution in [0.5, 0.6) is 0 Å². The molecule has 0 fully saturated rings. The molecule has 0 spiro atoms. The Labute approximate surface area is 48.3 Å². The van der Waals surface area contributed by atoms with Crippen LogP contribution in [0.15, 0.2) is 0 Å². The van der Waals surface area contributed by atoms with Crippen LogP contribution < -0.4 is 5.32 Å². The van der Waals surface area contributed by atoms with Crippen molar-refractivity contribution in [2.45, 2.75) is 13.3 Å². The van der Waals surface area contributed by atoms with Gasteiger partial charge in [0.25, 0.3) is 0 Å². The second-order valence-corrected chi connectivity index (χ2v) is 1.19. The zero-order valence-electron chi connectivity index (χ0n) is 4.64. The normalized spacial score (nSPS) is 7.50. The molecule has 0 rings (SSSR count). The van der Waals surface area contributed by atoms with E-state index in [9.17, 15) is 4.79 Å². The molecule has 1 radical (unpaired) electrons. The minimum absolute atomic E-state index is 0.0651. The number of rotatable bonds is 2. The molecular weight excluding hydrogens is 104 g/mol. The average molecular weight is 111 g/mol. The molecule has 0 aromatic heterocycles. The third-order valence-corrected chi connectivity index (χ3v) is 0.545. The zero-order valence-corrected chi connectivity index (χ0v) is 4.64. The van der Waals surface area contributed by atoms with Crippen LogP contribution >= 0.6 is 0 Å². The predicted molar refractivity (Wildman–Crippen MR) is 28.3 cm³/mol. The van der Waals surface area contributed by atoms with Gasteiger partial charge in [0, 0.05) is 6.54 Å². The minimum Gasteiger partial charge on any atom is -0.351 e. The zero-order chi connectivity index (χ0) is 6.41. The summed E-state index contributed by atoms with van der Waals surface area (Å²) in [6.07, 6.45) is -0.0651. The van der Waals surface area contributed by atoms with E-state index >= 15 is 0 Å². The highest BCUT2D eigenvalue weighted by atomic mass is 16.1. The van der Waals surface area contributed by atoms with Crippen molar-refractivity contribution >= 4 is 5.91 Å². The second-order valence-electron chi connectivity index (χ2n) is 1.19. The maximum Gasteiger partial charge on any atom is 0.234 e. The van der Waals surface area contributed by atoms with E-state index in [1.165, 1.54) is 6.54 Å². The van der Waals surface area contributed by atoms with Crippen molar-refractivity contribution in [3.63, 3.8) is 0 Å². The lowest BCUT2D eigenvalue weighted by Crippen LogP contribution is -2.17. The molecule has 0 unspecified atom stereocenters. The molecular formula is C5H7N2O. The third-order valence-electron chi connectivity index (χ3n) is 0.545. The van der Waals surface area contributed by atoms with Crippen molar-refractivity contribution in [3.8, 4) is 6.07 Å². The van der Waals surface area contributed by atoms with Crippen LogP contribution in [0.25, 0.3) is 0 Å². The lowest BCUT2D eigenvalue weighted by molar-refractivity contribution is -0.119. The van der Waals surface area contributed by atoms with Gasteiger partial charge in [-0.3, -0.25) is 4.79 Å². The van der Waals surface area contributed by atoms with Crippen LogP contribution in [-0.4, -0.2) is 5.91 Å². The largest absolute Gasteiger partial charge is 0.351 e. The Morgan fingerprint density at radius 1 is 2.00 bits per heavy atom. The van der Waals surface area contributed by atoms with Crippen LogP contribution in [0.2, 0.25) is 0 Å². The molecule has 43 valence electrons. The average Bonchev–Trinajstić information content (AvgIpc) is 1.68. The Hall–Kier alpha value is -1.04. The molecule has 0 saturated carbocycles. The van der Waals surface area contributed by atoms with Crippen molar-refractivity contribution < 1.29 is 4.79 Å². The summed E-state index contributed by atoms with van der Waals surface area (Å²) >= 11 is 0. The first-order valence-electron chi connectivity index (χ1n) is 2.25. The molecule has 3 nitrogen and oxygen atoms in total. The monoisotopic (exact) mass is 111 g/mol. The summed E-state index contributed by atoms with van der Waals surface area (Å²) in [5.74, 6) is -0.255. The van der Waals surface area contributed by atoms with Gasteiger partial charge >= 0.3 is 0 Å². The maximum atomic E-state index is 10.3. The van der Waals surface area contributed by atoms with E-state index in [4.69, 9.17) is 5.26 Å². The van der Waals surface area contributed by atoms with Crippen molar-refractivity contribution in [1.29, 1.82) is 5.26 Å². The van der Waals surface area contributed by atoms with Gasteiger partial charge in [-0.05, 0) is 6.92 Å². The van der Waals surface area contributed by atoms with E-state index in [2.05, 4.69) is 5.32 Å². The molecule has 0 aliphatic carbocycles. The van der Waals surface area contributed by atoms with Gasteiger partial charge in [0.05, 0.1) is 6.07 Å². The summed E-state index contributed by atoms with van der Waals surface area (Å²) in [5.41, 5.74) is 0. The fraction of sp³-hybridized carbons (Fsp3) is 0.400. The first-order chi connectivity index (χ1) is 3.81. The highest BCUT2D eigenvalue weighted by Crippen LogP contribution is 1.74. The topological polar surface area (TPSA) is 52.9 Å². The summed E-state index contributed by atoms with van der Waals surface area (Å²) < 4.78 is 0. The van der Waals surface area contributed by atoms with E-state index in [0.717, 1.165) is 0 Å². The van der Waals surface area contributed by atoms with Crippen molar-refractivity contribution in [2.24, 2.45) is 0 Å². The van der Waals surface area contributed by atoms with Crippen molar-refractivity contribution in [2.75, 3.05) is 0 Å². The number of hydrogen-bond acceptors (Lipinski definition) is 2. The van der Waals surface area contributed by atoms with Gasteiger partial charge in [0.1, 0.15) is 6.42 Å². The number of nitrogens with one attached hydrogen (secondary N) is 1. The highest BCUT2D eigenvalue weighted by molar-refractivity contribution is 5.78. The van der Waals surface area contributed by atoms with Gasteiger partial charge in [0.2, 0.25) is 5.91 Å². The molecule has 0 heterocycles. The number of amides is 1. The number of carbonyl (C=O) groups excluding carboxylic acids is 1. The maximum absolute atomic E-state index is 10.3. The summed E-state index contributed by atoms with van der Waals surface area (Å²) in [4.78, 5) is 10.3. The first kappa shape index (κ1) is 6.96. The van der Waals surface area contributed by atoms with Crippen LogP contribution in [0.4, 0.5) is 0 Å². The summed E-state index contributed by atoms with van der Waals surface area (Å²) in [5, 5.41) is 10.3. The number of nitrogens with zero attached hydrogens (tertiary/aromatic N) is 1. The molecule has 0 saturated heterocycles. The van der Waals surface area contributed by atoms with E-state index in [0.29, 0.717) is 0 Å².